The average Bonchev–Trinajstić information content (AvgIpc) is 3.42. The van der Waals surface area contributed by atoms with Crippen LogP contribution in [-0.4, -0.2) is 59.3 Å². The van der Waals surface area contributed by atoms with Crippen LogP contribution in [0.5, 0.6) is 0 Å². The minimum absolute atomic E-state index is 0.0710. The lowest BCUT2D eigenvalue weighted by Gasteiger charge is -2.33. The first-order valence-electron chi connectivity index (χ1n) is 9.69. The third-order valence-corrected chi connectivity index (χ3v) is 5.80. The van der Waals surface area contributed by atoms with Crippen molar-refractivity contribution in [2.24, 2.45) is 5.73 Å². The molecule has 3 N–H and O–H groups in total. The zero-order chi connectivity index (χ0) is 20.9. The van der Waals surface area contributed by atoms with Crippen LogP contribution < -0.4 is 11.1 Å². The van der Waals surface area contributed by atoms with E-state index in [0.717, 1.165) is 49.2 Å². The Hall–Kier alpha value is -3.01. The Kier molecular flexibility index (Phi) is 6.22. The van der Waals surface area contributed by atoms with Crippen molar-refractivity contribution in [2.45, 2.75) is 6.54 Å². The number of amides is 2. The fourth-order valence-electron chi connectivity index (χ4n) is 3.34. The zero-order valence-electron chi connectivity index (χ0n) is 16.4. The van der Waals surface area contributed by atoms with Gasteiger partial charge in [0.15, 0.2) is 5.76 Å². The summed E-state index contributed by atoms with van der Waals surface area (Å²) in [7, 11) is 0. The Morgan fingerprint density at radius 3 is 2.50 bits per heavy atom. The summed E-state index contributed by atoms with van der Waals surface area (Å²) in [6.07, 6.45) is 1.65. The molecule has 1 saturated heterocycles. The van der Waals surface area contributed by atoms with Crippen LogP contribution in [0.2, 0.25) is 0 Å². The highest BCUT2D eigenvalue weighted by molar-refractivity contribution is 7.09. The molecule has 0 aliphatic carbocycles. The number of primary amides is 1. The van der Waals surface area contributed by atoms with Crippen molar-refractivity contribution < 1.29 is 14.0 Å². The Morgan fingerprint density at radius 2 is 1.83 bits per heavy atom. The highest BCUT2D eigenvalue weighted by Crippen LogP contribution is 2.23. The van der Waals surface area contributed by atoms with E-state index in [9.17, 15) is 9.59 Å². The molecule has 1 aliphatic rings. The molecule has 3 heterocycles. The van der Waals surface area contributed by atoms with E-state index in [4.69, 9.17) is 10.2 Å². The summed E-state index contributed by atoms with van der Waals surface area (Å²) in [5, 5.41) is 5.94. The van der Waals surface area contributed by atoms with Gasteiger partial charge in [0.1, 0.15) is 10.7 Å². The lowest BCUT2D eigenvalue weighted by atomic mass is 10.2. The molecular formula is C21H23N5O3S. The van der Waals surface area contributed by atoms with Gasteiger partial charge in [-0.2, -0.15) is 0 Å². The highest BCUT2D eigenvalue weighted by atomic mass is 32.1. The number of piperazine rings is 1. The summed E-state index contributed by atoms with van der Waals surface area (Å²) in [4.78, 5) is 32.6. The SMILES string of the molecule is NC(=O)c1ccc(NC(=O)CN2CCN(Cc3nc(-c4ccco4)cs3)CC2)cc1. The van der Waals surface area contributed by atoms with Crippen LogP contribution in [0.25, 0.3) is 11.5 Å². The molecule has 3 aromatic rings. The predicted molar refractivity (Wildman–Crippen MR) is 115 cm³/mol. The molecule has 9 heteroatoms. The van der Waals surface area contributed by atoms with Gasteiger partial charge >= 0.3 is 0 Å². The van der Waals surface area contributed by atoms with Gasteiger partial charge in [-0.15, -0.1) is 11.3 Å². The largest absolute Gasteiger partial charge is 0.463 e. The standard InChI is InChI=1S/C21H23N5O3S/c22-21(28)15-3-5-16(6-4-15)23-19(27)12-25-7-9-26(10-8-25)13-20-24-17(14-30-20)18-2-1-11-29-18/h1-6,11,14H,7-10,12-13H2,(H2,22,28)(H,23,27). The third kappa shape index (κ3) is 5.12. The number of anilines is 1. The smallest absolute Gasteiger partial charge is 0.248 e. The van der Waals surface area contributed by atoms with Gasteiger partial charge in [-0.1, -0.05) is 0 Å². The number of aromatic nitrogens is 1. The number of hydrogen-bond acceptors (Lipinski definition) is 7. The molecule has 4 rings (SSSR count). The van der Waals surface area contributed by atoms with E-state index >= 15 is 0 Å². The Labute approximate surface area is 178 Å². The quantitative estimate of drug-likeness (QED) is 0.602. The first kappa shape index (κ1) is 20.3. The van der Waals surface area contributed by atoms with Gasteiger partial charge in [0.05, 0.1) is 19.4 Å². The van der Waals surface area contributed by atoms with Crippen LogP contribution in [0.1, 0.15) is 15.4 Å². The minimum atomic E-state index is -0.485. The maximum atomic E-state index is 12.3. The maximum absolute atomic E-state index is 12.3. The Bertz CT molecular complexity index is 992. The summed E-state index contributed by atoms with van der Waals surface area (Å²) in [5.74, 6) is 0.233. The molecule has 0 saturated carbocycles. The molecule has 0 atom stereocenters. The summed E-state index contributed by atoms with van der Waals surface area (Å²) in [6, 6.07) is 10.3. The van der Waals surface area contributed by atoms with E-state index in [1.807, 2.05) is 17.5 Å². The van der Waals surface area contributed by atoms with E-state index in [0.29, 0.717) is 17.8 Å². The molecule has 1 fully saturated rings. The predicted octanol–water partition coefficient (Wildman–Crippen LogP) is 2.26. The summed E-state index contributed by atoms with van der Waals surface area (Å²) in [6.45, 7) is 4.56. The van der Waals surface area contributed by atoms with Crippen LogP contribution in [-0.2, 0) is 11.3 Å². The molecule has 156 valence electrons. The molecule has 0 unspecified atom stereocenters. The van der Waals surface area contributed by atoms with Crippen molar-refractivity contribution in [1.29, 1.82) is 0 Å². The number of furan rings is 1. The van der Waals surface area contributed by atoms with Gasteiger partial charge in [-0.25, -0.2) is 4.98 Å². The normalized spacial score (nSPS) is 15.2. The van der Waals surface area contributed by atoms with Gasteiger partial charge in [0, 0.05) is 42.8 Å². The van der Waals surface area contributed by atoms with Crippen molar-refractivity contribution >= 4 is 28.8 Å². The van der Waals surface area contributed by atoms with E-state index in [-0.39, 0.29) is 5.91 Å². The molecule has 2 amide bonds. The number of hydrogen-bond donors (Lipinski definition) is 2. The fraction of sp³-hybridized carbons (Fsp3) is 0.286. The lowest BCUT2D eigenvalue weighted by Crippen LogP contribution is -2.48. The van der Waals surface area contributed by atoms with Crippen molar-refractivity contribution in [1.82, 2.24) is 14.8 Å². The molecule has 8 nitrogen and oxygen atoms in total. The third-order valence-electron chi connectivity index (χ3n) is 4.97. The minimum Gasteiger partial charge on any atom is -0.463 e. The first-order chi connectivity index (χ1) is 14.6. The monoisotopic (exact) mass is 425 g/mol. The Balaban J connectivity index is 1.21. The van der Waals surface area contributed by atoms with Crippen LogP contribution in [0, 0.1) is 0 Å². The number of carbonyl (C=O) groups excluding carboxylic acids is 2. The number of nitrogens with two attached hydrogens (primary N) is 1. The first-order valence-corrected chi connectivity index (χ1v) is 10.6. The van der Waals surface area contributed by atoms with Crippen LogP contribution in [0.3, 0.4) is 0 Å². The molecule has 1 aliphatic heterocycles. The average molecular weight is 426 g/mol. The van der Waals surface area contributed by atoms with Gasteiger partial charge in [0.25, 0.3) is 0 Å². The van der Waals surface area contributed by atoms with Crippen LogP contribution >= 0.6 is 11.3 Å². The van der Waals surface area contributed by atoms with Crippen molar-refractivity contribution in [3.63, 3.8) is 0 Å². The second-order valence-electron chi connectivity index (χ2n) is 7.15. The molecule has 0 spiro atoms. The molecular weight excluding hydrogens is 402 g/mol. The number of nitrogens with one attached hydrogen (secondary N) is 1. The zero-order valence-corrected chi connectivity index (χ0v) is 17.2. The molecule has 2 aromatic heterocycles. The Morgan fingerprint density at radius 1 is 1.10 bits per heavy atom. The van der Waals surface area contributed by atoms with Gasteiger partial charge in [-0.05, 0) is 36.4 Å². The highest BCUT2D eigenvalue weighted by Gasteiger charge is 2.20. The van der Waals surface area contributed by atoms with Crippen molar-refractivity contribution in [2.75, 3.05) is 38.0 Å². The molecule has 0 radical (unpaired) electrons. The topological polar surface area (TPSA) is 105 Å². The van der Waals surface area contributed by atoms with E-state index in [2.05, 4.69) is 20.1 Å². The summed E-state index contributed by atoms with van der Waals surface area (Å²) in [5.41, 5.74) is 7.17. The molecule has 0 bridgehead atoms. The molecule has 1 aromatic carbocycles. The van der Waals surface area contributed by atoms with Gasteiger partial charge in [0.2, 0.25) is 11.8 Å². The second kappa shape index (κ2) is 9.21. The summed E-state index contributed by atoms with van der Waals surface area (Å²) >= 11 is 1.64. The van der Waals surface area contributed by atoms with Gasteiger partial charge in [-0.3, -0.25) is 19.4 Å². The number of thiazole rings is 1. The second-order valence-corrected chi connectivity index (χ2v) is 8.09. The van der Waals surface area contributed by atoms with Crippen LogP contribution in [0.15, 0.2) is 52.5 Å². The van der Waals surface area contributed by atoms with Crippen molar-refractivity contribution in [3.8, 4) is 11.5 Å². The van der Waals surface area contributed by atoms with Gasteiger partial charge < -0.3 is 15.5 Å². The number of rotatable bonds is 7. The summed E-state index contributed by atoms with van der Waals surface area (Å²) < 4.78 is 5.40. The number of carbonyl (C=O) groups is 2. The van der Waals surface area contributed by atoms with Crippen LogP contribution in [0.4, 0.5) is 5.69 Å². The van der Waals surface area contributed by atoms with Crippen molar-refractivity contribution in [3.05, 3.63) is 58.6 Å². The number of benzene rings is 1. The van der Waals surface area contributed by atoms with E-state index < -0.39 is 5.91 Å². The fourth-order valence-corrected chi connectivity index (χ4v) is 4.16. The lowest BCUT2D eigenvalue weighted by molar-refractivity contribution is -0.117. The maximum Gasteiger partial charge on any atom is 0.248 e. The van der Waals surface area contributed by atoms with E-state index in [1.54, 1.807) is 41.9 Å². The van der Waals surface area contributed by atoms with E-state index in [1.165, 1.54) is 0 Å². The number of nitrogens with zero attached hydrogens (tertiary/aromatic N) is 3. The molecule has 30 heavy (non-hydrogen) atoms.